The summed E-state index contributed by atoms with van der Waals surface area (Å²) in [5.74, 6) is 2.03. The topological polar surface area (TPSA) is 58.1 Å². The van der Waals surface area contributed by atoms with E-state index < -0.39 is 0 Å². The second kappa shape index (κ2) is 8.26. The second-order valence-electron chi connectivity index (χ2n) is 7.95. The molecule has 1 amide bonds. The highest BCUT2D eigenvalue weighted by atomic mass is 32.1. The molecule has 2 aliphatic rings. The molecule has 5 rings (SSSR count). The van der Waals surface area contributed by atoms with E-state index in [1.807, 2.05) is 35.2 Å². The molecule has 2 fully saturated rings. The maximum absolute atomic E-state index is 13.0. The van der Waals surface area contributed by atoms with Crippen LogP contribution in [-0.2, 0) is 4.79 Å². The van der Waals surface area contributed by atoms with E-state index in [1.54, 1.807) is 25.6 Å². The van der Waals surface area contributed by atoms with Gasteiger partial charge in [-0.15, -0.1) is 0 Å². The second-order valence-corrected chi connectivity index (χ2v) is 8.95. The highest BCUT2D eigenvalue weighted by Gasteiger charge is 2.37. The van der Waals surface area contributed by atoms with Crippen LogP contribution in [-0.4, -0.2) is 69.3 Å². The fraction of sp³-hybridized carbons (Fsp3) is 0.391. The summed E-state index contributed by atoms with van der Waals surface area (Å²) < 4.78 is 11.7. The van der Waals surface area contributed by atoms with Gasteiger partial charge in [0.05, 0.1) is 30.4 Å². The van der Waals surface area contributed by atoms with Gasteiger partial charge in [-0.05, 0) is 30.3 Å². The minimum absolute atomic E-state index is 0.0601. The van der Waals surface area contributed by atoms with Gasteiger partial charge in [0, 0.05) is 51.0 Å². The Morgan fingerprint density at radius 2 is 1.71 bits per heavy atom. The van der Waals surface area contributed by atoms with Crippen molar-refractivity contribution in [2.45, 2.75) is 0 Å². The van der Waals surface area contributed by atoms with E-state index in [4.69, 9.17) is 14.5 Å². The van der Waals surface area contributed by atoms with Crippen molar-refractivity contribution in [3.63, 3.8) is 0 Å². The van der Waals surface area contributed by atoms with Gasteiger partial charge in [-0.2, -0.15) is 0 Å². The lowest BCUT2D eigenvalue weighted by atomic mass is 9.99. The molecule has 1 aromatic heterocycles. The Labute approximate surface area is 185 Å². The van der Waals surface area contributed by atoms with Crippen LogP contribution < -0.4 is 19.3 Å². The first-order valence-electron chi connectivity index (χ1n) is 10.5. The zero-order valence-electron chi connectivity index (χ0n) is 17.8. The number of carbonyl (C=O) groups excluding carboxylic acids is 1. The number of methoxy groups -OCH3 is 2. The fourth-order valence-corrected chi connectivity index (χ4v) is 5.21. The highest BCUT2D eigenvalue weighted by Crippen LogP contribution is 2.35. The van der Waals surface area contributed by atoms with Gasteiger partial charge >= 0.3 is 0 Å². The van der Waals surface area contributed by atoms with Crippen LogP contribution in [0.4, 0.5) is 10.8 Å². The number of thiazole rings is 1. The first-order valence-corrected chi connectivity index (χ1v) is 11.3. The number of fused-ring (bicyclic) bond motifs is 1. The molecule has 7 nitrogen and oxygen atoms in total. The third-order valence-electron chi connectivity index (χ3n) is 6.10. The average Bonchev–Trinajstić information content (AvgIpc) is 3.20. The number of ether oxygens (including phenoxy) is 2. The van der Waals surface area contributed by atoms with Crippen LogP contribution >= 0.6 is 11.3 Å². The molecule has 0 spiro atoms. The van der Waals surface area contributed by atoms with E-state index >= 15 is 0 Å². The molecule has 162 valence electrons. The normalized spacial score (nSPS) is 17.0. The van der Waals surface area contributed by atoms with Crippen molar-refractivity contribution in [3.8, 4) is 11.5 Å². The number of anilines is 2. The number of aromatic nitrogens is 1. The van der Waals surface area contributed by atoms with Crippen molar-refractivity contribution in [2.24, 2.45) is 5.92 Å². The average molecular weight is 439 g/mol. The van der Waals surface area contributed by atoms with Crippen molar-refractivity contribution in [2.75, 3.05) is 63.3 Å². The number of amides is 1. The van der Waals surface area contributed by atoms with Crippen LogP contribution in [0.25, 0.3) is 10.2 Å². The molecular weight excluding hydrogens is 412 g/mol. The Kier molecular flexibility index (Phi) is 5.31. The summed E-state index contributed by atoms with van der Waals surface area (Å²) in [6, 6.07) is 14.0. The lowest BCUT2D eigenvalue weighted by molar-refractivity contribution is -0.136. The molecule has 0 radical (unpaired) electrons. The van der Waals surface area contributed by atoms with Crippen molar-refractivity contribution in [1.29, 1.82) is 0 Å². The van der Waals surface area contributed by atoms with Gasteiger partial charge in [0.15, 0.2) is 5.13 Å². The maximum Gasteiger partial charge on any atom is 0.229 e. The minimum Gasteiger partial charge on any atom is -0.497 e. The van der Waals surface area contributed by atoms with Gasteiger partial charge in [-0.25, -0.2) is 4.98 Å². The summed E-state index contributed by atoms with van der Waals surface area (Å²) in [6.07, 6.45) is 0. The van der Waals surface area contributed by atoms with E-state index in [0.29, 0.717) is 0 Å². The Bertz CT molecular complexity index is 1090. The lowest BCUT2D eigenvalue weighted by Gasteiger charge is -2.43. The molecule has 2 saturated heterocycles. The molecular formula is C23H26N4O3S. The molecule has 0 N–H and O–H groups in total. The zero-order chi connectivity index (χ0) is 21.4. The number of carbonyl (C=O) groups is 1. The zero-order valence-corrected chi connectivity index (χ0v) is 18.6. The number of piperazine rings is 1. The number of rotatable bonds is 5. The van der Waals surface area contributed by atoms with Crippen LogP contribution in [0.15, 0.2) is 42.5 Å². The van der Waals surface area contributed by atoms with Gasteiger partial charge in [0.1, 0.15) is 11.5 Å². The van der Waals surface area contributed by atoms with Crippen LogP contribution in [0.5, 0.6) is 11.5 Å². The van der Waals surface area contributed by atoms with Crippen LogP contribution in [0.1, 0.15) is 0 Å². The molecule has 0 saturated carbocycles. The van der Waals surface area contributed by atoms with Crippen molar-refractivity contribution in [3.05, 3.63) is 42.5 Å². The Hall–Kier alpha value is -3.00. The molecule has 31 heavy (non-hydrogen) atoms. The highest BCUT2D eigenvalue weighted by molar-refractivity contribution is 7.22. The molecule has 2 aromatic carbocycles. The first-order chi connectivity index (χ1) is 15.1. The summed E-state index contributed by atoms with van der Waals surface area (Å²) in [4.78, 5) is 24.2. The van der Waals surface area contributed by atoms with E-state index in [9.17, 15) is 4.79 Å². The van der Waals surface area contributed by atoms with Gasteiger partial charge in [-0.3, -0.25) is 4.79 Å². The largest absolute Gasteiger partial charge is 0.497 e. The van der Waals surface area contributed by atoms with Crippen LogP contribution in [0.3, 0.4) is 0 Å². The van der Waals surface area contributed by atoms with Gasteiger partial charge in [0.2, 0.25) is 5.91 Å². The molecule has 0 aliphatic carbocycles. The Morgan fingerprint density at radius 3 is 2.45 bits per heavy atom. The van der Waals surface area contributed by atoms with Crippen molar-refractivity contribution >= 4 is 38.3 Å². The molecule has 0 unspecified atom stereocenters. The van der Waals surface area contributed by atoms with Crippen LogP contribution in [0.2, 0.25) is 0 Å². The van der Waals surface area contributed by atoms with E-state index in [2.05, 4.69) is 21.9 Å². The number of benzene rings is 2. The summed E-state index contributed by atoms with van der Waals surface area (Å²) in [7, 11) is 3.36. The Balaban J connectivity index is 1.16. The minimum atomic E-state index is 0.0601. The predicted octanol–water partition coefficient (Wildman–Crippen LogP) is 3.10. The standard InChI is InChI=1S/C23H26N4O3S/c1-29-18-5-3-4-17(12-18)25-8-10-26(11-9-25)22(28)16-14-27(15-16)23-24-20-7-6-19(30-2)13-21(20)31-23/h3-7,12-13,16H,8-11,14-15H2,1-2H3. The first kappa shape index (κ1) is 19.9. The SMILES string of the molecule is COc1cccc(N2CCN(C(=O)C3CN(c4nc5ccc(OC)cc5s4)C3)CC2)c1. The third-order valence-corrected chi connectivity index (χ3v) is 7.17. The molecule has 0 atom stereocenters. The van der Waals surface area contributed by atoms with Gasteiger partial charge in [0.25, 0.3) is 0 Å². The number of nitrogens with zero attached hydrogens (tertiary/aromatic N) is 4. The number of hydrogen-bond donors (Lipinski definition) is 0. The third kappa shape index (κ3) is 3.87. The quantitative estimate of drug-likeness (QED) is 0.610. The monoisotopic (exact) mass is 438 g/mol. The summed E-state index contributed by atoms with van der Waals surface area (Å²) in [6.45, 7) is 4.68. The van der Waals surface area contributed by atoms with Crippen LogP contribution in [0, 0.1) is 5.92 Å². The molecule has 3 aromatic rings. The predicted molar refractivity (Wildman–Crippen MR) is 124 cm³/mol. The maximum atomic E-state index is 13.0. The Morgan fingerprint density at radius 1 is 0.968 bits per heavy atom. The molecule has 3 heterocycles. The summed E-state index contributed by atoms with van der Waals surface area (Å²) >= 11 is 1.65. The van der Waals surface area contributed by atoms with Crippen molar-refractivity contribution < 1.29 is 14.3 Å². The van der Waals surface area contributed by atoms with E-state index in [1.165, 1.54) is 0 Å². The number of hydrogen-bond acceptors (Lipinski definition) is 7. The lowest BCUT2D eigenvalue weighted by Crippen LogP contribution is -2.58. The van der Waals surface area contributed by atoms with Gasteiger partial charge in [-0.1, -0.05) is 17.4 Å². The summed E-state index contributed by atoms with van der Waals surface area (Å²) in [5.41, 5.74) is 2.12. The smallest absolute Gasteiger partial charge is 0.229 e. The van der Waals surface area contributed by atoms with E-state index in [0.717, 1.165) is 71.8 Å². The fourth-order valence-electron chi connectivity index (χ4n) is 4.20. The van der Waals surface area contributed by atoms with Crippen molar-refractivity contribution in [1.82, 2.24) is 9.88 Å². The molecule has 8 heteroatoms. The molecule has 0 bridgehead atoms. The van der Waals surface area contributed by atoms with E-state index in [-0.39, 0.29) is 11.8 Å². The summed E-state index contributed by atoms with van der Waals surface area (Å²) in [5, 5.41) is 0.982. The molecule has 2 aliphatic heterocycles. The van der Waals surface area contributed by atoms with Gasteiger partial charge < -0.3 is 24.2 Å².